The van der Waals surface area contributed by atoms with Crippen LogP contribution in [0.2, 0.25) is 0 Å². The van der Waals surface area contributed by atoms with Gasteiger partial charge in [-0.3, -0.25) is 0 Å². The molecule has 0 unspecified atom stereocenters. The van der Waals surface area contributed by atoms with Gasteiger partial charge in [0.15, 0.2) is 5.82 Å². The van der Waals surface area contributed by atoms with Crippen molar-refractivity contribution in [3.8, 4) is 18.1 Å². The lowest BCUT2D eigenvalue weighted by molar-refractivity contribution is -0.170. The number of hydrogen-bond donors (Lipinski definition) is 2. The van der Waals surface area contributed by atoms with E-state index in [4.69, 9.17) is 15.9 Å². The molecule has 0 aliphatic rings. The van der Waals surface area contributed by atoms with E-state index in [2.05, 4.69) is 21.2 Å². The lowest BCUT2D eigenvalue weighted by Gasteiger charge is -2.30. The molecule has 6 nitrogen and oxygen atoms in total. The number of aryl methyl sites for hydroxylation is 1. The summed E-state index contributed by atoms with van der Waals surface area (Å²) in [7, 11) is 1.48. The number of nitrogens with one attached hydrogen (secondary N) is 1. The van der Waals surface area contributed by atoms with Crippen molar-refractivity contribution in [2.45, 2.75) is 38.8 Å². The first kappa shape index (κ1) is 26.2. The molecular formula is C25H25F4N3O3. The Bertz CT molecular complexity index is 1280. The zero-order valence-corrected chi connectivity index (χ0v) is 19.7. The predicted octanol–water partition coefficient (Wildman–Crippen LogP) is 4.70. The minimum absolute atomic E-state index is 0.0723. The van der Waals surface area contributed by atoms with Gasteiger partial charge in [0.05, 0.1) is 12.2 Å². The van der Waals surface area contributed by atoms with Gasteiger partial charge in [-0.1, -0.05) is 18.1 Å². The number of benzene rings is 2. The average molecular weight is 491 g/mol. The predicted molar refractivity (Wildman–Crippen MR) is 123 cm³/mol. The normalized spacial score (nSPS) is 12.0. The van der Waals surface area contributed by atoms with Gasteiger partial charge in [0, 0.05) is 24.6 Å². The van der Waals surface area contributed by atoms with Crippen LogP contribution >= 0.6 is 0 Å². The van der Waals surface area contributed by atoms with Gasteiger partial charge in [-0.05, 0) is 32.9 Å². The average Bonchev–Trinajstić information content (AvgIpc) is 2.78. The first-order chi connectivity index (χ1) is 16.4. The summed E-state index contributed by atoms with van der Waals surface area (Å²) in [6.07, 6.45) is 5.47. The zero-order valence-electron chi connectivity index (χ0n) is 19.7. The number of aromatic nitrogens is 2. The molecule has 0 saturated carbocycles. The molecule has 0 fully saturated rings. The number of rotatable bonds is 9. The van der Waals surface area contributed by atoms with Crippen LogP contribution in [0.25, 0.3) is 10.9 Å². The highest BCUT2D eigenvalue weighted by atomic mass is 19.3. The molecule has 10 heteroatoms. The third kappa shape index (κ3) is 5.16. The summed E-state index contributed by atoms with van der Waals surface area (Å²) in [6.45, 7) is 3.43. The molecule has 2 N–H and O–H groups in total. The van der Waals surface area contributed by atoms with Crippen LogP contribution in [0.15, 0.2) is 24.3 Å². The van der Waals surface area contributed by atoms with E-state index in [1.807, 2.05) is 0 Å². The van der Waals surface area contributed by atoms with E-state index in [1.54, 1.807) is 0 Å². The SMILES string of the molecule is C#Cc1c(OCCOC)cc2c(NCc3cccc(C(F)(F)C(C)(C)O)c3F)nc(C)nc2c1F. The number of aliphatic hydroxyl groups is 1. The van der Waals surface area contributed by atoms with Gasteiger partial charge >= 0.3 is 5.92 Å². The molecule has 0 aliphatic heterocycles. The summed E-state index contributed by atoms with van der Waals surface area (Å²) in [5.41, 5.74) is -3.72. The minimum Gasteiger partial charge on any atom is -0.490 e. The van der Waals surface area contributed by atoms with Crippen LogP contribution in [-0.4, -0.2) is 41.0 Å². The lowest BCUT2D eigenvalue weighted by Crippen LogP contribution is -2.41. The summed E-state index contributed by atoms with van der Waals surface area (Å²) in [4.78, 5) is 8.38. The fraction of sp³-hybridized carbons (Fsp3) is 0.360. The molecule has 0 spiro atoms. The second-order valence-corrected chi connectivity index (χ2v) is 8.33. The number of halogens is 4. The van der Waals surface area contributed by atoms with Crippen LogP contribution in [0.4, 0.5) is 23.4 Å². The van der Waals surface area contributed by atoms with E-state index >= 15 is 8.78 Å². The summed E-state index contributed by atoms with van der Waals surface area (Å²) < 4.78 is 69.9. The molecule has 1 aromatic heterocycles. The van der Waals surface area contributed by atoms with Crippen molar-refractivity contribution in [1.82, 2.24) is 9.97 Å². The van der Waals surface area contributed by atoms with E-state index < -0.39 is 28.7 Å². The van der Waals surface area contributed by atoms with Crippen molar-refractivity contribution < 1.29 is 32.1 Å². The Hall–Kier alpha value is -3.42. The summed E-state index contributed by atoms with van der Waals surface area (Å²) in [5.74, 6) is -3.14. The van der Waals surface area contributed by atoms with Crippen molar-refractivity contribution in [1.29, 1.82) is 0 Å². The van der Waals surface area contributed by atoms with Gasteiger partial charge in [0.1, 0.15) is 46.5 Å². The standard InChI is InChI=1S/C25H25F4N3O3/c1-6-16-19(35-11-10-34-5)12-17-22(21(16)27)31-14(2)32-23(17)30-13-15-8-7-9-18(20(15)26)25(28,29)24(3,4)33/h1,7-9,12,33H,10-11,13H2,2-5H3,(H,30,31,32). The van der Waals surface area contributed by atoms with Gasteiger partial charge in [-0.2, -0.15) is 8.78 Å². The number of fused-ring (bicyclic) bond motifs is 1. The fourth-order valence-corrected chi connectivity index (χ4v) is 3.40. The number of methoxy groups -OCH3 is 1. The molecule has 186 valence electrons. The smallest absolute Gasteiger partial charge is 0.303 e. The van der Waals surface area contributed by atoms with E-state index in [1.165, 1.54) is 32.2 Å². The summed E-state index contributed by atoms with van der Waals surface area (Å²) >= 11 is 0. The molecule has 35 heavy (non-hydrogen) atoms. The molecule has 0 amide bonds. The number of terminal acetylenes is 1. The van der Waals surface area contributed by atoms with Gasteiger partial charge in [-0.25, -0.2) is 18.7 Å². The van der Waals surface area contributed by atoms with Crippen molar-refractivity contribution in [3.05, 3.63) is 58.4 Å². The summed E-state index contributed by atoms with van der Waals surface area (Å²) in [6, 6.07) is 4.96. The van der Waals surface area contributed by atoms with E-state index in [0.29, 0.717) is 0 Å². The van der Waals surface area contributed by atoms with Gasteiger partial charge in [0.2, 0.25) is 0 Å². The van der Waals surface area contributed by atoms with Crippen LogP contribution in [0.1, 0.15) is 36.4 Å². The topological polar surface area (TPSA) is 76.5 Å². The van der Waals surface area contributed by atoms with Gasteiger partial charge in [0.25, 0.3) is 0 Å². The number of nitrogens with zero attached hydrogens (tertiary/aromatic N) is 2. The van der Waals surface area contributed by atoms with Crippen molar-refractivity contribution in [2.24, 2.45) is 0 Å². The third-order valence-corrected chi connectivity index (χ3v) is 5.33. The van der Waals surface area contributed by atoms with Crippen LogP contribution in [-0.2, 0) is 17.2 Å². The Morgan fingerprint density at radius 1 is 1.14 bits per heavy atom. The molecule has 1 heterocycles. The summed E-state index contributed by atoms with van der Waals surface area (Å²) in [5, 5.41) is 12.9. The van der Waals surface area contributed by atoms with Gasteiger partial charge in [-0.15, -0.1) is 6.42 Å². The number of alkyl halides is 2. The van der Waals surface area contributed by atoms with Gasteiger partial charge < -0.3 is 19.9 Å². The first-order valence-corrected chi connectivity index (χ1v) is 10.6. The molecule has 0 radical (unpaired) electrons. The Morgan fingerprint density at radius 2 is 1.86 bits per heavy atom. The Morgan fingerprint density at radius 3 is 2.49 bits per heavy atom. The second kappa shape index (κ2) is 10.1. The lowest BCUT2D eigenvalue weighted by atomic mass is 9.92. The minimum atomic E-state index is -3.84. The quantitative estimate of drug-likeness (QED) is 0.257. The van der Waals surface area contributed by atoms with Crippen molar-refractivity contribution >= 4 is 16.7 Å². The second-order valence-electron chi connectivity index (χ2n) is 8.33. The number of hydrogen-bond acceptors (Lipinski definition) is 6. The van der Waals surface area contributed by atoms with Crippen molar-refractivity contribution in [2.75, 3.05) is 25.6 Å². The molecule has 3 aromatic rings. The highest BCUT2D eigenvalue weighted by Gasteiger charge is 2.48. The number of ether oxygens (including phenoxy) is 2. The monoisotopic (exact) mass is 491 g/mol. The third-order valence-electron chi connectivity index (χ3n) is 5.33. The highest BCUT2D eigenvalue weighted by Crippen LogP contribution is 2.40. The molecule has 2 aromatic carbocycles. The zero-order chi connectivity index (χ0) is 26.0. The Kier molecular flexibility index (Phi) is 7.53. The van der Waals surface area contributed by atoms with Crippen LogP contribution in [0, 0.1) is 30.9 Å². The molecular weight excluding hydrogens is 466 g/mol. The maximum Gasteiger partial charge on any atom is 0.303 e. The van der Waals surface area contributed by atoms with E-state index in [0.717, 1.165) is 19.9 Å². The first-order valence-electron chi connectivity index (χ1n) is 10.6. The molecule has 0 saturated heterocycles. The fourth-order valence-electron chi connectivity index (χ4n) is 3.40. The molecule has 3 rings (SSSR count). The Balaban J connectivity index is 2.03. The maximum atomic E-state index is 15.2. The van der Waals surface area contributed by atoms with Crippen molar-refractivity contribution in [3.63, 3.8) is 0 Å². The highest BCUT2D eigenvalue weighted by molar-refractivity contribution is 5.92. The number of anilines is 1. The molecule has 0 aliphatic carbocycles. The Labute approximate surface area is 200 Å². The largest absolute Gasteiger partial charge is 0.490 e. The molecule has 0 bridgehead atoms. The van der Waals surface area contributed by atoms with Crippen LogP contribution < -0.4 is 10.1 Å². The van der Waals surface area contributed by atoms with Crippen LogP contribution in [0.5, 0.6) is 5.75 Å². The molecule has 0 atom stereocenters. The van der Waals surface area contributed by atoms with Crippen LogP contribution in [0.3, 0.4) is 0 Å². The van der Waals surface area contributed by atoms with E-state index in [-0.39, 0.29) is 59.2 Å². The maximum absolute atomic E-state index is 15.2. The van der Waals surface area contributed by atoms with E-state index in [9.17, 15) is 13.9 Å².